The van der Waals surface area contributed by atoms with Gasteiger partial charge in [0.15, 0.2) is 0 Å². The van der Waals surface area contributed by atoms with E-state index in [0.717, 1.165) is 48.2 Å². The molecule has 4 aromatic heterocycles. The molecule has 2 amide bonds. The Balaban J connectivity index is 1.26. The first-order valence-corrected chi connectivity index (χ1v) is 13.6. The van der Waals surface area contributed by atoms with E-state index < -0.39 is 0 Å². The molecule has 2 aliphatic rings. The van der Waals surface area contributed by atoms with Gasteiger partial charge in [0.2, 0.25) is 0 Å². The zero-order chi connectivity index (χ0) is 27.5. The number of aromatic nitrogens is 5. The molecule has 1 aromatic carbocycles. The van der Waals surface area contributed by atoms with Crippen molar-refractivity contribution in [3.8, 4) is 22.5 Å². The highest BCUT2D eigenvalue weighted by Crippen LogP contribution is 2.37. The molecule has 0 spiro atoms. The van der Waals surface area contributed by atoms with E-state index in [1.165, 1.54) is 12.1 Å². The lowest BCUT2D eigenvalue weighted by molar-refractivity contribution is 0.117. The minimum atomic E-state index is -0.378. The van der Waals surface area contributed by atoms with E-state index >= 15 is 4.39 Å². The van der Waals surface area contributed by atoms with Crippen LogP contribution in [0.25, 0.3) is 39.1 Å². The lowest BCUT2D eigenvalue weighted by Crippen LogP contribution is -2.49. The van der Waals surface area contributed by atoms with E-state index in [4.69, 9.17) is 0 Å². The van der Waals surface area contributed by atoms with Crippen molar-refractivity contribution in [1.82, 2.24) is 38.8 Å². The molecule has 5 aromatic rings. The number of pyridine rings is 1. The predicted molar refractivity (Wildman–Crippen MR) is 151 cm³/mol. The quantitative estimate of drug-likeness (QED) is 0.363. The van der Waals surface area contributed by atoms with Crippen molar-refractivity contribution in [2.24, 2.45) is 0 Å². The SMILES string of the molecule is CN(C)C1CCN(C(=O)N2CCn3cc(-c4[nH][nH]c(=O)c4-c4cnc5ccccn45)c4cc(F)cc(c43)C2)CC1. The first-order valence-electron chi connectivity index (χ1n) is 13.6. The summed E-state index contributed by atoms with van der Waals surface area (Å²) in [4.78, 5) is 37.0. The average Bonchev–Trinajstić information content (AvgIpc) is 3.61. The third kappa shape index (κ3) is 3.91. The maximum atomic E-state index is 15.1. The summed E-state index contributed by atoms with van der Waals surface area (Å²) < 4.78 is 19.1. The van der Waals surface area contributed by atoms with Crippen LogP contribution >= 0.6 is 0 Å². The highest BCUT2D eigenvalue weighted by atomic mass is 19.1. The summed E-state index contributed by atoms with van der Waals surface area (Å²) in [6.45, 7) is 2.85. The summed E-state index contributed by atoms with van der Waals surface area (Å²) in [5.41, 5.74) is 4.47. The molecule has 0 atom stereocenters. The first kappa shape index (κ1) is 24.6. The van der Waals surface area contributed by atoms with Crippen LogP contribution in [0.1, 0.15) is 18.4 Å². The van der Waals surface area contributed by atoms with Crippen LogP contribution in [0, 0.1) is 5.82 Å². The molecule has 40 heavy (non-hydrogen) atoms. The molecule has 2 aliphatic heterocycles. The number of benzene rings is 1. The third-order valence-electron chi connectivity index (χ3n) is 8.44. The molecule has 0 aliphatic carbocycles. The summed E-state index contributed by atoms with van der Waals surface area (Å²) in [7, 11) is 4.16. The van der Waals surface area contributed by atoms with Gasteiger partial charge in [0, 0.05) is 62.1 Å². The Bertz CT molecular complexity index is 1800. The third-order valence-corrected chi connectivity index (χ3v) is 8.44. The van der Waals surface area contributed by atoms with Crippen LogP contribution in [0.3, 0.4) is 0 Å². The van der Waals surface area contributed by atoms with Gasteiger partial charge < -0.3 is 19.3 Å². The van der Waals surface area contributed by atoms with Crippen molar-refractivity contribution in [3.05, 3.63) is 70.7 Å². The number of nitrogens with one attached hydrogen (secondary N) is 2. The minimum Gasteiger partial charge on any atom is -0.345 e. The molecule has 7 rings (SSSR count). The summed E-state index contributed by atoms with van der Waals surface area (Å²) in [5, 5.41) is 6.46. The van der Waals surface area contributed by atoms with E-state index in [0.29, 0.717) is 48.0 Å². The number of nitrogens with zero attached hydrogens (tertiary/aromatic N) is 6. The van der Waals surface area contributed by atoms with Crippen LogP contribution in [0.15, 0.2) is 53.7 Å². The fourth-order valence-electron chi connectivity index (χ4n) is 6.36. The van der Waals surface area contributed by atoms with Crippen LogP contribution in [0.4, 0.5) is 9.18 Å². The van der Waals surface area contributed by atoms with Crippen LogP contribution in [-0.4, -0.2) is 84.7 Å². The van der Waals surface area contributed by atoms with Crippen LogP contribution < -0.4 is 5.56 Å². The summed E-state index contributed by atoms with van der Waals surface area (Å²) >= 11 is 0. The molecule has 0 unspecified atom stereocenters. The fourth-order valence-corrected chi connectivity index (χ4v) is 6.36. The Hall–Kier alpha value is -4.38. The number of hydrogen-bond donors (Lipinski definition) is 2. The van der Waals surface area contributed by atoms with Crippen molar-refractivity contribution in [1.29, 1.82) is 0 Å². The van der Waals surface area contributed by atoms with E-state index in [2.05, 4.69) is 38.7 Å². The maximum Gasteiger partial charge on any atom is 0.320 e. The number of likely N-dealkylation sites (tertiary alicyclic amines) is 1. The second-order valence-electron chi connectivity index (χ2n) is 11.0. The monoisotopic (exact) mass is 542 g/mol. The average molecular weight is 543 g/mol. The topological polar surface area (TPSA) is 97.7 Å². The Morgan fingerprint density at radius 3 is 2.70 bits per heavy atom. The standard InChI is InChI=1S/C29H31FN8O2/c1-34(2)20-6-9-35(10-7-20)29(40)37-12-11-36-17-22(21-14-19(30)13-18(16-37)27(21)36)26-25(28(39)33-32-26)23-15-31-24-5-3-4-8-38(23)24/h3-5,8,13-15,17,20H,6-7,9-12,16H2,1-2H3,(H2,32,33,39). The number of piperidine rings is 1. The van der Waals surface area contributed by atoms with Crippen molar-refractivity contribution < 1.29 is 9.18 Å². The minimum absolute atomic E-state index is 0.00505. The first-order chi connectivity index (χ1) is 19.4. The Morgan fingerprint density at radius 2 is 1.90 bits per heavy atom. The van der Waals surface area contributed by atoms with Crippen molar-refractivity contribution in [2.75, 3.05) is 33.7 Å². The van der Waals surface area contributed by atoms with Gasteiger partial charge in [0.25, 0.3) is 5.56 Å². The normalized spacial score (nSPS) is 16.4. The summed E-state index contributed by atoms with van der Waals surface area (Å²) in [5.74, 6) is -0.378. The molecular formula is C29H31FN8O2. The van der Waals surface area contributed by atoms with Gasteiger partial charge in [-0.25, -0.2) is 14.2 Å². The molecule has 6 heterocycles. The van der Waals surface area contributed by atoms with Gasteiger partial charge >= 0.3 is 6.03 Å². The highest BCUT2D eigenvalue weighted by molar-refractivity contribution is 6.00. The molecule has 11 heteroatoms. The molecule has 1 fully saturated rings. The van der Waals surface area contributed by atoms with E-state index in [1.807, 2.05) is 44.8 Å². The molecule has 10 nitrogen and oxygen atoms in total. The maximum absolute atomic E-state index is 15.1. The molecule has 2 N–H and O–H groups in total. The Kier molecular flexibility index (Phi) is 5.77. The predicted octanol–water partition coefficient (Wildman–Crippen LogP) is 3.74. The number of hydrogen-bond acceptors (Lipinski definition) is 4. The number of halogens is 1. The van der Waals surface area contributed by atoms with E-state index in [9.17, 15) is 9.59 Å². The lowest BCUT2D eigenvalue weighted by atomic mass is 10.0. The van der Waals surface area contributed by atoms with Crippen LogP contribution in [0.5, 0.6) is 0 Å². The number of carbonyl (C=O) groups is 1. The molecule has 0 saturated carbocycles. The number of aromatic amines is 2. The van der Waals surface area contributed by atoms with Gasteiger partial charge in [0.05, 0.1) is 28.7 Å². The van der Waals surface area contributed by atoms with Gasteiger partial charge in [0.1, 0.15) is 11.5 Å². The Morgan fingerprint density at radius 1 is 1.07 bits per heavy atom. The zero-order valence-electron chi connectivity index (χ0n) is 22.5. The van der Waals surface area contributed by atoms with Gasteiger partial charge in [-0.2, -0.15) is 0 Å². The molecule has 206 valence electrons. The van der Waals surface area contributed by atoms with Crippen molar-refractivity contribution >= 4 is 22.6 Å². The molecular weight excluding hydrogens is 511 g/mol. The summed E-state index contributed by atoms with van der Waals surface area (Å²) in [6.07, 6.45) is 7.39. The smallest absolute Gasteiger partial charge is 0.320 e. The molecule has 0 radical (unpaired) electrons. The molecule has 0 bridgehead atoms. The van der Waals surface area contributed by atoms with Crippen LogP contribution in [0.2, 0.25) is 0 Å². The van der Waals surface area contributed by atoms with Crippen molar-refractivity contribution in [2.45, 2.75) is 32.0 Å². The van der Waals surface area contributed by atoms with Crippen LogP contribution in [-0.2, 0) is 13.1 Å². The number of rotatable bonds is 3. The van der Waals surface area contributed by atoms with Gasteiger partial charge in [-0.3, -0.25) is 19.4 Å². The number of fused-ring (bicyclic) bond motifs is 1. The second-order valence-corrected chi connectivity index (χ2v) is 11.0. The number of urea groups is 1. The Labute approximate surface area is 229 Å². The van der Waals surface area contributed by atoms with E-state index in [-0.39, 0.29) is 17.4 Å². The van der Waals surface area contributed by atoms with Crippen molar-refractivity contribution in [3.63, 3.8) is 0 Å². The number of amides is 2. The zero-order valence-corrected chi connectivity index (χ0v) is 22.5. The van der Waals surface area contributed by atoms with Gasteiger partial charge in [-0.05, 0) is 56.8 Å². The highest BCUT2D eigenvalue weighted by Gasteiger charge is 2.30. The van der Waals surface area contributed by atoms with E-state index in [1.54, 1.807) is 6.20 Å². The van der Waals surface area contributed by atoms with Gasteiger partial charge in [-0.15, -0.1) is 0 Å². The lowest BCUT2D eigenvalue weighted by Gasteiger charge is -2.37. The van der Waals surface area contributed by atoms with Gasteiger partial charge in [-0.1, -0.05) is 6.07 Å². The summed E-state index contributed by atoms with van der Waals surface area (Å²) in [6, 6.07) is 9.18. The number of H-pyrrole nitrogens is 2. The largest absolute Gasteiger partial charge is 0.345 e. The molecule has 1 saturated heterocycles. The number of carbonyl (C=O) groups excluding carboxylic acids is 1. The second kappa shape index (κ2) is 9.37. The number of imidazole rings is 1. The fraction of sp³-hybridized carbons (Fsp3) is 0.345.